The molecular formula is C17H16N6. The predicted octanol–water partition coefficient (Wildman–Crippen LogP) is 3.82. The third-order valence-corrected chi connectivity index (χ3v) is 3.49. The van der Waals surface area contributed by atoms with Crippen LogP contribution in [0.15, 0.2) is 58.9 Å². The van der Waals surface area contributed by atoms with E-state index < -0.39 is 0 Å². The van der Waals surface area contributed by atoms with Gasteiger partial charge in [-0.25, -0.2) is 4.98 Å². The fourth-order valence-corrected chi connectivity index (χ4v) is 2.26. The van der Waals surface area contributed by atoms with Crippen molar-refractivity contribution in [3.8, 4) is 0 Å². The van der Waals surface area contributed by atoms with Gasteiger partial charge in [-0.1, -0.05) is 17.7 Å². The number of hydrogen-bond acceptors (Lipinski definition) is 5. The van der Waals surface area contributed by atoms with Gasteiger partial charge in [-0.3, -0.25) is 5.41 Å². The first-order valence-corrected chi connectivity index (χ1v) is 7.05. The summed E-state index contributed by atoms with van der Waals surface area (Å²) < 4.78 is 0. The monoisotopic (exact) mass is 304 g/mol. The molecule has 0 aliphatic rings. The van der Waals surface area contributed by atoms with E-state index >= 15 is 0 Å². The first kappa shape index (κ1) is 14.6. The second-order valence-corrected chi connectivity index (χ2v) is 5.24. The Morgan fingerprint density at radius 1 is 1.09 bits per heavy atom. The molecule has 3 aromatic rings. The number of aromatic nitrogens is 1. The van der Waals surface area contributed by atoms with Crippen LogP contribution in [0, 0.1) is 12.3 Å². The third-order valence-electron chi connectivity index (χ3n) is 3.49. The molecule has 0 unspecified atom stereocenters. The van der Waals surface area contributed by atoms with Crippen LogP contribution in [0.1, 0.15) is 11.1 Å². The number of amidine groups is 1. The van der Waals surface area contributed by atoms with Gasteiger partial charge in [0.05, 0.1) is 5.69 Å². The number of nitrogens with zero attached hydrogens (tertiary/aromatic N) is 3. The van der Waals surface area contributed by atoms with E-state index in [2.05, 4.69) is 15.2 Å². The normalized spacial score (nSPS) is 11.2. The van der Waals surface area contributed by atoms with E-state index in [1.807, 2.05) is 25.1 Å². The number of pyridine rings is 1. The lowest BCUT2D eigenvalue weighted by molar-refractivity contribution is 1.22. The summed E-state index contributed by atoms with van der Waals surface area (Å²) >= 11 is 0. The summed E-state index contributed by atoms with van der Waals surface area (Å²) in [6, 6.07) is 13.0. The fraction of sp³-hybridized carbons (Fsp3) is 0.0588. The largest absolute Gasteiger partial charge is 0.384 e. The van der Waals surface area contributed by atoms with E-state index in [1.165, 1.54) is 0 Å². The van der Waals surface area contributed by atoms with Crippen LogP contribution >= 0.6 is 0 Å². The Balaban J connectivity index is 2.00. The number of aryl methyl sites for hydroxylation is 1. The van der Waals surface area contributed by atoms with E-state index in [1.54, 1.807) is 30.5 Å². The molecule has 6 nitrogen and oxygen atoms in total. The number of nitrogens with two attached hydrogens (primary N) is 2. The quantitative estimate of drug-likeness (QED) is 0.388. The lowest BCUT2D eigenvalue weighted by Crippen LogP contribution is -2.10. The van der Waals surface area contributed by atoms with Gasteiger partial charge in [-0.15, -0.1) is 5.11 Å². The van der Waals surface area contributed by atoms with E-state index in [-0.39, 0.29) is 5.84 Å². The summed E-state index contributed by atoms with van der Waals surface area (Å²) in [7, 11) is 0. The molecule has 0 bridgehead atoms. The molecule has 0 aliphatic heterocycles. The molecule has 0 saturated heterocycles. The highest BCUT2D eigenvalue weighted by Crippen LogP contribution is 2.32. The Kier molecular flexibility index (Phi) is 3.72. The number of nitrogen functional groups attached to an aromatic ring is 2. The van der Waals surface area contributed by atoms with E-state index in [0.29, 0.717) is 22.8 Å². The maximum Gasteiger partial charge on any atom is 0.151 e. The van der Waals surface area contributed by atoms with Crippen molar-refractivity contribution in [2.45, 2.75) is 6.92 Å². The van der Waals surface area contributed by atoms with Crippen LogP contribution in [0.4, 0.5) is 17.2 Å². The molecule has 6 heteroatoms. The molecular weight excluding hydrogens is 288 g/mol. The van der Waals surface area contributed by atoms with Crippen molar-refractivity contribution >= 4 is 33.8 Å². The molecule has 2 aromatic carbocycles. The third kappa shape index (κ3) is 3.01. The summed E-state index contributed by atoms with van der Waals surface area (Å²) in [6.07, 6.45) is 1.73. The Hall–Kier alpha value is -3.28. The first-order chi connectivity index (χ1) is 11.0. The van der Waals surface area contributed by atoms with Crippen molar-refractivity contribution in [1.82, 2.24) is 4.98 Å². The average molecular weight is 304 g/mol. The van der Waals surface area contributed by atoms with Crippen molar-refractivity contribution < 1.29 is 0 Å². The van der Waals surface area contributed by atoms with Crippen LogP contribution in [0.3, 0.4) is 0 Å². The summed E-state index contributed by atoms with van der Waals surface area (Å²) in [4.78, 5) is 4.18. The van der Waals surface area contributed by atoms with Gasteiger partial charge in [0, 0.05) is 22.5 Å². The zero-order valence-corrected chi connectivity index (χ0v) is 12.6. The summed E-state index contributed by atoms with van der Waals surface area (Å²) in [6.45, 7) is 2.02. The number of hydrogen-bond donors (Lipinski definition) is 3. The highest BCUT2D eigenvalue weighted by molar-refractivity contribution is 5.96. The van der Waals surface area contributed by atoms with Crippen LogP contribution in [0.5, 0.6) is 0 Å². The van der Waals surface area contributed by atoms with E-state index in [9.17, 15) is 0 Å². The van der Waals surface area contributed by atoms with Crippen molar-refractivity contribution in [3.63, 3.8) is 0 Å². The minimum absolute atomic E-state index is 0.0198. The van der Waals surface area contributed by atoms with E-state index in [0.717, 1.165) is 16.3 Å². The smallest absolute Gasteiger partial charge is 0.151 e. The predicted molar refractivity (Wildman–Crippen MR) is 92.5 cm³/mol. The lowest BCUT2D eigenvalue weighted by Gasteiger charge is -2.05. The SMILES string of the molecule is Cc1ccc2c(/N=N/c3ccc(C(=N)N)cc3)c(N)ncc2c1. The van der Waals surface area contributed by atoms with Gasteiger partial charge in [-0.2, -0.15) is 5.11 Å². The summed E-state index contributed by atoms with van der Waals surface area (Å²) in [5.41, 5.74) is 14.4. The van der Waals surface area contributed by atoms with Crippen LogP contribution in [-0.4, -0.2) is 10.8 Å². The minimum atomic E-state index is 0.0198. The maximum absolute atomic E-state index is 7.38. The van der Waals surface area contributed by atoms with Crippen molar-refractivity contribution in [2.75, 3.05) is 5.73 Å². The van der Waals surface area contributed by atoms with Crippen molar-refractivity contribution in [3.05, 3.63) is 59.8 Å². The molecule has 5 N–H and O–H groups in total. The van der Waals surface area contributed by atoms with Crippen LogP contribution in [0.2, 0.25) is 0 Å². The zero-order valence-electron chi connectivity index (χ0n) is 12.6. The van der Waals surface area contributed by atoms with Crippen LogP contribution in [-0.2, 0) is 0 Å². The molecule has 0 amide bonds. The van der Waals surface area contributed by atoms with Gasteiger partial charge in [-0.05, 0) is 37.3 Å². The Morgan fingerprint density at radius 3 is 2.52 bits per heavy atom. The average Bonchev–Trinajstić information content (AvgIpc) is 2.54. The Bertz CT molecular complexity index is 912. The highest BCUT2D eigenvalue weighted by atomic mass is 15.1. The van der Waals surface area contributed by atoms with Gasteiger partial charge >= 0.3 is 0 Å². The molecule has 0 fully saturated rings. The molecule has 0 radical (unpaired) electrons. The summed E-state index contributed by atoms with van der Waals surface area (Å²) in [5.74, 6) is 0.358. The molecule has 0 spiro atoms. The lowest BCUT2D eigenvalue weighted by atomic mass is 10.1. The number of anilines is 1. The molecule has 0 atom stereocenters. The molecule has 23 heavy (non-hydrogen) atoms. The van der Waals surface area contributed by atoms with Crippen LogP contribution in [0.25, 0.3) is 10.8 Å². The minimum Gasteiger partial charge on any atom is -0.384 e. The maximum atomic E-state index is 7.38. The molecule has 0 saturated carbocycles. The second kappa shape index (κ2) is 5.84. The van der Waals surface area contributed by atoms with Gasteiger partial charge in [0.2, 0.25) is 0 Å². The molecule has 3 rings (SSSR count). The molecule has 1 aromatic heterocycles. The molecule has 114 valence electrons. The topological polar surface area (TPSA) is 114 Å². The number of benzene rings is 2. The molecule has 0 aliphatic carbocycles. The Morgan fingerprint density at radius 2 is 1.83 bits per heavy atom. The van der Waals surface area contributed by atoms with Gasteiger partial charge < -0.3 is 11.5 Å². The number of nitrogens with one attached hydrogen (secondary N) is 1. The number of fused-ring (bicyclic) bond motifs is 1. The fourth-order valence-electron chi connectivity index (χ4n) is 2.26. The van der Waals surface area contributed by atoms with Gasteiger partial charge in [0.1, 0.15) is 11.5 Å². The number of azo groups is 1. The standard InChI is InChI=1S/C17H16N6/c1-10-2-7-14-12(8-10)9-21-17(20)15(14)23-22-13-5-3-11(4-6-13)16(18)19/h2-9H,1H3,(H3,18,19)(H2,20,21)/b23-22+. The second-order valence-electron chi connectivity index (χ2n) is 5.24. The van der Waals surface area contributed by atoms with Gasteiger partial charge in [0.25, 0.3) is 0 Å². The Labute approximate surface area is 133 Å². The summed E-state index contributed by atoms with van der Waals surface area (Å²) in [5, 5.41) is 17.7. The molecule has 1 heterocycles. The van der Waals surface area contributed by atoms with Crippen molar-refractivity contribution in [1.29, 1.82) is 5.41 Å². The van der Waals surface area contributed by atoms with Crippen molar-refractivity contribution in [2.24, 2.45) is 16.0 Å². The first-order valence-electron chi connectivity index (χ1n) is 7.05. The number of rotatable bonds is 3. The van der Waals surface area contributed by atoms with E-state index in [4.69, 9.17) is 16.9 Å². The zero-order chi connectivity index (χ0) is 16.4. The van der Waals surface area contributed by atoms with Gasteiger partial charge in [0.15, 0.2) is 5.82 Å². The highest BCUT2D eigenvalue weighted by Gasteiger charge is 2.06. The van der Waals surface area contributed by atoms with Crippen LogP contribution < -0.4 is 11.5 Å².